The van der Waals surface area contributed by atoms with Gasteiger partial charge in [0.15, 0.2) is 0 Å². The van der Waals surface area contributed by atoms with Crippen molar-refractivity contribution >= 4 is 11.7 Å². The summed E-state index contributed by atoms with van der Waals surface area (Å²) in [6.45, 7) is 0.134. The normalized spacial score (nSPS) is 19.1. The van der Waals surface area contributed by atoms with Gasteiger partial charge in [-0.1, -0.05) is 0 Å². The van der Waals surface area contributed by atoms with E-state index in [-0.39, 0.29) is 19.2 Å². The number of carbonyl (C=O) groups excluding carboxylic acids is 1. The van der Waals surface area contributed by atoms with E-state index in [1.54, 1.807) is 0 Å². The Hall–Kier alpha value is -1.97. The molecule has 1 saturated heterocycles. The molecule has 0 unspecified atom stereocenters. The predicted molar refractivity (Wildman–Crippen MR) is 67.7 cm³/mol. The zero-order chi connectivity index (χ0) is 17.4. The van der Waals surface area contributed by atoms with Crippen LogP contribution in [-0.4, -0.2) is 35.2 Å². The van der Waals surface area contributed by atoms with Gasteiger partial charge < -0.3 is 15.3 Å². The van der Waals surface area contributed by atoms with E-state index in [2.05, 4.69) is 0 Å². The minimum atomic E-state index is -4.98. The Bertz CT molecular complexity index is 567. The third-order valence-electron chi connectivity index (χ3n) is 3.29. The van der Waals surface area contributed by atoms with Crippen LogP contribution in [0.25, 0.3) is 0 Å². The summed E-state index contributed by atoms with van der Waals surface area (Å²) in [5.41, 5.74) is -3.63. The van der Waals surface area contributed by atoms with Gasteiger partial charge in [-0.3, -0.25) is 0 Å². The maximum absolute atomic E-state index is 12.7. The van der Waals surface area contributed by atoms with Gasteiger partial charge in [0.05, 0.1) is 17.2 Å². The molecule has 1 aliphatic heterocycles. The number of urea groups is 1. The Morgan fingerprint density at radius 1 is 1.09 bits per heavy atom. The fourth-order valence-corrected chi connectivity index (χ4v) is 2.16. The van der Waals surface area contributed by atoms with E-state index in [9.17, 15) is 36.2 Å². The van der Waals surface area contributed by atoms with Crippen LogP contribution in [0.4, 0.5) is 36.8 Å². The van der Waals surface area contributed by atoms with E-state index < -0.39 is 41.3 Å². The first-order valence-corrected chi connectivity index (χ1v) is 6.50. The number of nitrogens with one attached hydrogen (secondary N) is 1. The van der Waals surface area contributed by atoms with Crippen molar-refractivity contribution in [1.82, 2.24) is 4.90 Å². The molecule has 2 rings (SSSR count). The van der Waals surface area contributed by atoms with Crippen LogP contribution in [0.2, 0.25) is 0 Å². The first-order valence-electron chi connectivity index (χ1n) is 6.50. The standard InChI is InChI=1S/C13H12F6N2O2/c14-12(15,16)7-3-8(13(17,18)19)5-9(4-7)20-11(23)21-2-1-10(22)6-21/h3-5,10,22H,1-2,6H2,(H,20,23)/t10-/m0/s1. The fraction of sp³-hybridized carbons (Fsp3) is 0.462. The number of carbonyl (C=O) groups is 1. The molecule has 0 bridgehead atoms. The Morgan fingerprint density at radius 2 is 1.61 bits per heavy atom. The molecule has 1 aliphatic rings. The maximum atomic E-state index is 12.7. The van der Waals surface area contributed by atoms with E-state index in [1.807, 2.05) is 5.32 Å². The van der Waals surface area contributed by atoms with Crippen LogP contribution in [0.1, 0.15) is 17.5 Å². The topological polar surface area (TPSA) is 52.6 Å². The van der Waals surface area contributed by atoms with Crippen LogP contribution in [0.15, 0.2) is 18.2 Å². The monoisotopic (exact) mass is 342 g/mol. The molecule has 128 valence electrons. The summed E-state index contributed by atoms with van der Waals surface area (Å²) in [6.07, 6.45) is -10.4. The molecule has 2 amide bonds. The molecular formula is C13H12F6N2O2. The summed E-state index contributed by atoms with van der Waals surface area (Å²) in [5.74, 6) is 0. The van der Waals surface area contributed by atoms with Gasteiger partial charge >= 0.3 is 18.4 Å². The van der Waals surface area contributed by atoms with Crippen molar-refractivity contribution in [3.63, 3.8) is 0 Å². The van der Waals surface area contributed by atoms with Crippen molar-refractivity contribution in [3.8, 4) is 0 Å². The van der Waals surface area contributed by atoms with E-state index in [4.69, 9.17) is 0 Å². The van der Waals surface area contributed by atoms with Gasteiger partial charge in [-0.05, 0) is 24.6 Å². The van der Waals surface area contributed by atoms with Gasteiger partial charge in [0.25, 0.3) is 0 Å². The van der Waals surface area contributed by atoms with Crippen LogP contribution in [-0.2, 0) is 12.4 Å². The highest BCUT2D eigenvalue weighted by atomic mass is 19.4. The molecule has 1 fully saturated rings. The van der Waals surface area contributed by atoms with Crippen molar-refractivity contribution in [2.24, 2.45) is 0 Å². The summed E-state index contributed by atoms with van der Waals surface area (Å²) >= 11 is 0. The first-order chi connectivity index (χ1) is 10.5. The highest BCUT2D eigenvalue weighted by Gasteiger charge is 2.37. The van der Waals surface area contributed by atoms with Gasteiger partial charge in [0.2, 0.25) is 0 Å². The number of alkyl halides is 6. The van der Waals surface area contributed by atoms with Crippen LogP contribution < -0.4 is 5.32 Å². The Labute approximate surface area is 126 Å². The van der Waals surface area contributed by atoms with Crippen molar-refractivity contribution in [2.45, 2.75) is 24.9 Å². The minimum absolute atomic E-state index is 0.0186. The largest absolute Gasteiger partial charge is 0.416 e. The molecule has 10 heteroatoms. The van der Waals surface area contributed by atoms with Gasteiger partial charge in [0.1, 0.15) is 0 Å². The highest BCUT2D eigenvalue weighted by molar-refractivity contribution is 5.89. The highest BCUT2D eigenvalue weighted by Crippen LogP contribution is 2.37. The maximum Gasteiger partial charge on any atom is 0.416 e. The van der Waals surface area contributed by atoms with Crippen LogP contribution in [0, 0.1) is 0 Å². The van der Waals surface area contributed by atoms with Gasteiger partial charge in [-0.2, -0.15) is 26.3 Å². The molecule has 1 aromatic rings. The SMILES string of the molecule is O=C(Nc1cc(C(F)(F)F)cc(C(F)(F)F)c1)N1CC[C@H](O)C1. The number of hydrogen-bond acceptors (Lipinski definition) is 2. The molecule has 0 aliphatic carbocycles. The van der Waals surface area contributed by atoms with E-state index in [1.165, 1.54) is 0 Å². The molecule has 2 N–H and O–H groups in total. The van der Waals surface area contributed by atoms with Crippen molar-refractivity contribution < 1.29 is 36.2 Å². The summed E-state index contributed by atoms with van der Waals surface area (Å²) in [5, 5.41) is 11.3. The van der Waals surface area contributed by atoms with Crippen molar-refractivity contribution in [2.75, 3.05) is 18.4 Å². The molecule has 4 nitrogen and oxygen atoms in total. The average molecular weight is 342 g/mol. The molecule has 0 aromatic heterocycles. The number of hydrogen-bond donors (Lipinski definition) is 2. The van der Waals surface area contributed by atoms with Crippen LogP contribution >= 0.6 is 0 Å². The zero-order valence-electron chi connectivity index (χ0n) is 11.5. The zero-order valence-corrected chi connectivity index (χ0v) is 11.5. The Kier molecular flexibility index (Phi) is 4.47. The number of aliphatic hydroxyl groups excluding tert-OH is 1. The predicted octanol–water partition coefficient (Wildman–Crippen LogP) is 3.32. The molecule has 23 heavy (non-hydrogen) atoms. The molecule has 1 heterocycles. The summed E-state index contributed by atoms with van der Waals surface area (Å²) < 4.78 is 76.2. The summed E-state index contributed by atoms with van der Waals surface area (Å²) in [7, 11) is 0. The molecular weight excluding hydrogens is 330 g/mol. The summed E-state index contributed by atoms with van der Waals surface area (Å²) in [4.78, 5) is 12.9. The summed E-state index contributed by atoms with van der Waals surface area (Å²) in [6, 6.07) is -0.0249. The number of anilines is 1. The molecule has 0 spiro atoms. The van der Waals surface area contributed by atoms with E-state index in [0.717, 1.165) is 4.90 Å². The number of aliphatic hydroxyl groups is 1. The van der Waals surface area contributed by atoms with E-state index >= 15 is 0 Å². The smallest absolute Gasteiger partial charge is 0.391 e. The number of nitrogens with zero attached hydrogens (tertiary/aromatic N) is 1. The molecule has 0 radical (unpaired) electrons. The average Bonchev–Trinajstić information content (AvgIpc) is 2.83. The second-order valence-electron chi connectivity index (χ2n) is 5.11. The lowest BCUT2D eigenvalue weighted by Crippen LogP contribution is -2.33. The number of rotatable bonds is 1. The van der Waals surface area contributed by atoms with E-state index in [0.29, 0.717) is 18.6 Å². The Morgan fingerprint density at radius 3 is 2.00 bits per heavy atom. The lowest BCUT2D eigenvalue weighted by atomic mass is 10.1. The lowest BCUT2D eigenvalue weighted by Gasteiger charge is -2.18. The lowest BCUT2D eigenvalue weighted by molar-refractivity contribution is -0.143. The third kappa shape index (κ3) is 4.27. The number of likely N-dealkylation sites (tertiary alicyclic amines) is 1. The van der Waals surface area contributed by atoms with Crippen molar-refractivity contribution in [3.05, 3.63) is 29.3 Å². The number of benzene rings is 1. The quantitative estimate of drug-likeness (QED) is 0.770. The van der Waals surface area contributed by atoms with Gasteiger partial charge in [0, 0.05) is 18.8 Å². The minimum Gasteiger partial charge on any atom is -0.391 e. The van der Waals surface area contributed by atoms with Crippen LogP contribution in [0.5, 0.6) is 0 Å². The number of halogens is 6. The number of β-amino-alcohol motifs (C(OH)–C–C–N with tert-alkyl or cyclic N) is 1. The second kappa shape index (κ2) is 5.91. The van der Waals surface area contributed by atoms with Crippen LogP contribution in [0.3, 0.4) is 0 Å². The first kappa shape index (κ1) is 17.4. The molecule has 0 saturated carbocycles. The number of amides is 2. The second-order valence-corrected chi connectivity index (χ2v) is 5.11. The van der Waals surface area contributed by atoms with Crippen molar-refractivity contribution in [1.29, 1.82) is 0 Å². The third-order valence-corrected chi connectivity index (χ3v) is 3.29. The fourth-order valence-electron chi connectivity index (χ4n) is 2.16. The van der Waals surface area contributed by atoms with Gasteiger partial charge in [-0.15, -0.1) is 0 Å². The Balaban J connectivity index is 2.28. The molecule has 1 atom stereocenters. The molecule has 1 aromatic carbocycles. The van der Waals surface area contributed by atoms with Gasteiger partial charge in [-0.25, -0.2) is 4.79 Å².